The van der Waals surface area contributed by atoms with Crippen LogP contribution in [-0.2, 0) is 18.4 Å². The molecule has 1 aromatic heterocycles. The van der Waals surface area contributed by atoms with E-state index in [2.05, 4.69) is 10.3 Å². The summed E-state index contributed by atoms with van der Waals surface area (Å²) >= 11 is 5.94. The number of ether oxygens (including phenoxy) is 1. The number of rotatable bonds is 4. The SMILES string of the molecule is CNC1CCCCC1OCc1ncc(Cl)n1C. The second-order valence-electron chi connectivity index (χ2n) is 4.59. The van der Waals surface area contributed by atoms with Gasteiger partial charge in [-0.1, -0.05) is 24.4 Å². The maximum absolute atomic E-state index is 5.96. The summed E-state index contributed by atoms with van der Waals surface area (Å²) in [7, 11) is 3.91. The normalized spacial score (nSPS) is 25.1. The molecule has 1 saturated carbocycles. The minimum absolute atomic E-state index is 0.296. The molecule has 4 nitrogen and oxygen atoms in total. The summed E-state index contributed by atoms with van der Waals surface area (Å²) < 4.78 is 7.82. The molecule has 1 heterocycles. The number of halogens is 1. The molecule has 0 aliphatic heterocycles. The van der Waals surface area contributed by atoms with Crippen LogP contribution in [0.4, 0.5) is 0 Å². The number of nitrogens with one attached hydrogen (secondary N) is 1. The fourth-order valence-electron chi connectivity index (χ4n) is 2.37. The second kappa shape index (κ2) is 5.85. The van der Waals surface area contributed by atoms with Crippen LogP contribution in [0.5, 0.6) is 0 Å². The minimum atomic E-state index is 0.296. The van der Waals surface area contributed by atoms with E-state index in [1.54, 1.807) is 6.20 Å². The van der Waals surface area contributed by atoms with Crippen LogP contribution in [0.2, 0.25) is 5.15 Å². The second-order valence-corrected chi connectivity index (χ2v) is 4.97. The summed E-state index contributed by atoms with van der Waals surface area (Å²) in [6.07, 6.45) is 6.83. The maximum atomic E-state index is 5.96. The Bertz CT molecular complexity index is 367. The summed E-state index contributed by atoms with van der Waals surface area (Å²) in [6, 6.07) is 0.472. The lowest BCUT2D eigenvalue weighted by molar-refractivity contribution is -0.00733. The third-order valence-corrected chi connectivity index (χ3v) is 3.88. The predicted octanol–water partition coefficient (Wildman–Crippen LogP) is 2.12. The zero-order valence-electron chi connectivity index (χ0n) is 10.4. The first kappa shape index (κ1) is 12.9. The third kappa shape index (κ3) is 3.00. The zero-order chi connectivity index (χ0) is 12.3. The Labute approximate surface area is 107 Å². The summed E-state index contributed by atoms with van der Waals surface area (Å²) in [4.78, 5) is 4.24. The topological polar surface area (TPSA) is 39.1 Å². The van der Waals surface area contributed by atoms with Crippen molar-refractivity contribution in [2.24, 2.45) is 7.05 Å². The molecule has 0 aromatic carbocycles. The summed E-state index contributed by atoms with van der Waals surface area (Å²) in [6.45, 7) is 0.534. The first-order valence-electron chi connectivity index (χ1n) is 6.17. The predicted molar refractivity (Wildman–Crippen MR) is 68.1 cm³/mol. The first-order valence-corrected chi connectivity index (χ1v) is 6.55. The lowest BCUT2D eigenvalue weighted by Gasteiger charge is -2.31. The van der Waals surface area contributed by atoms with Gasteiger partial charge < -0.3 is 14.6 Å². The highest BCUT2D eigenvalue weighted by molar-refractivity contribution is 6.29. The van der Waals surface area contributed by atoms with Crippen LogP contribution >= 0.6 is 11.6 Å². The Morgan fingerprint density at radius 3 is 2.94 bits per heavy atom. The van der Waals surface area contributed by atoms with Gasteiger partial charge >= 0.3 is 0 Å². The van der Waals surface area contributed by atoms with Crippen molar-refractivity contribution in [2.75, 3.05) is 7.05 Å². The van der Waals surface area contributed by atoms with Crippen molar-refractivity contribution in [3.8, 4) is 0 Å². The molecular weight excluding hydrogens is 238 g/mol. The fourth-order valence-corrected chi connectivity index (χ4v) is 2.51. The van der Waals surface area contributed by atoms with Gasteiger partial charge in [0.25, 0.3) is 0 Å². The minimum Gasteiger partial charge on any atom is -0.369 e. The van der Waals surface area contributed by atoms with E-state index in [1.165, 1.54) is 19.3 Å². The van der Waals surface area contributed by atoms with Gasteiger partial charge in [-0.15, -0.1) is 0 Å². The molecule has 0 radical (unpaired) electrons. The number of imidazole rings is 1. The molecule has 0 amide bonds. The molecule has 2 rings (SSSR count). The molecule has 1 aromatic rings. The summed E-state index contributed by atoms with van der Waals surface area (Å²) in [5.41, 5.74) is 0. The van der Waals surface area contributed by atoms with E-state index in [-0.39, 0.29) is 0 Å². The van der Waals surface area contributed by atoms with Crippen molar-refractivity contribution in [3.05, 3.63) is 17.2 Å². The molecule has 0 bridgehead atoms. The van der Waals surface area contributed by atoms with Crippen LogP contribution in [-0.4, -0.2) is 28.7 Å². The molecule has 96 valence electrons. The number of hydrogen-bond acceptors (Lipinski definition) is 3. The highest BCUT2D eigenvalue weighted by atomic mass is 35.5. The van der Waals surface area contributed by atoms with Crippen molar-refractivity contribution in [1.29, 1.82) is 0 Å². The lowest BCUT2D eigenvalue weighted by Crippen LogP contribution is -2.41. The van der Waals surface area contributed by atoms with Crippen molar-refractivity contribution < 1.29 is 4.74 Å². The molecule has 1 aliphatic rings. The summed E-state index contributed by atoms with van der Waals surface area (Å²) in [5.74, 6) is 0.885. The van der Waals surface area contributed by atoms with Gasteiger partial charge in [0, 0.05) is 13.1 Å². The molecule has 2 unspecified atom stereocenters. The van der Waals surface area contributed by atoms with E-state index >= 15 is 0 Å². The summed E-state index contributed by atoms with van der Waals surface area (Å²) in [5, 5.41) is 3.98. The molecule has 1 aliphatic carbocycles. The van der Waals surface area contributed by atoms with Gasteiger partial charge in [0.1, 0.15) is 17.6 Å². The Balaban J connectivity index is 1.90. The molecular formula is C12H20ClN3O. The number of nitrogens with zero attached hydrogens (tertiary/aromatic N) is 2. The van der Waals surface area contributed by atoms with Crippen molar-refractivity contribution in [1.82, 2.24) is 14.9 Å². The van der Waals surface area contributed by atoms with Crippen molar-refractivity contribution >= 4 is 11.6 Å². The van der Waals surface area contributed by atoms with Gasteiger partial charge in [-0.3, -0.25) is 0 Å². The van der Waals surface area contributed by atoms with Gasteiger partial charge in [-0.2, -0.15) is 0 Å². The quantitative estimate of drug-likeness (QED) is 0.898. The van der Waals surface area contributed by atoms with Crippen LogP contribution in [0.3, 0.4) is 0 Å². The van der Waals surface area contributed by atoms with Gasteiger partial charge in [-0.25, -0.2) is 4.98 Å². The van der Waals surface area contributed by atoms with Crippen molar-refractivity contribution in [2.45, 2.75) is 44.4 Å². The largest absolute Gasteiger partial charge is 0.369 e. The average molecular weight is 258 g/mol. The average Bonchev–Trinajstić information content (AvgIpc) is 2.68. The van der Waals surface area contributed by atoms with Crippen LogP contribution in [0.25, 0.3) is 0 Å². The van der Waals surface area contributed by atoms with Crippen LogP contribution in [0, 0.1) is 0 Å². The van der Waals surface area contributed by atoms with Gasteiger partial charge in [0.05, 0.1) is 12.3 Å². The number of likely N-dealkylation sites (N-methyl/N-ethyl adjacent to an activating group) is 1. The lowest BCUT2D eigenvalue weighted by atomic mass is 9.92. The molecule has 2 atom stereocenters. The zero-order valence-corrected chi connectivity index (χ0v) is 11.2. The number of aromatic nitrogens is 2. The Hall–Kier alpha value is -0.580. The molecule has 1 fully saturated rings. The Kier molecular flexibility index (Phi) is 4.42. The van der Waals surface area contributed by atoms with Crippen molar-refractivity contribution in [3.63, 3.8) is 0 Å². The highest BCUT2D eigenvalue weighted by Crippen LogP contribution is 2.22. The van der Waals surface area contributed by atoms with Gasteiger partial charge in [-0.05, 0) is 19.9 Å². The molecule has 5 heteroatoms. The van der Waals surface area contributed by atoms with E-state index in [4.69, 9.17) is 16.3 Å². The van der Waals surface area contributed by atoms with E-state index in [9.17, 15) is 0 Å². The smallest absolute Gasteiger partial charge is 0.135 e. The van der Waals surface area contributed by atoms with E-state index in [0.717, 1.165) is 12.2 Å². The molecule has 1 N–H and O–H groups in total. The van der Waals surface area contributed by atoms with Crippen LogP contribution in [0.1, 0.15) is 31.5 Å². The fraction of sp³-hybridized carbons (Fsp3) is 0.750. The van der Waals surface area contributed by atoms with E-state index in [1.807, 2.05) is 18.7 Å². The molecule has 0 spiro atoms. The number of hydrogen-bond donors (Lipinski definition) is 1. The Morgan fingerprint density at radius 2 is 2.29 bits per heavy atom. The molecule has 17 heavy (non-hydrogen) atoms. The third-order valence-electron chi connectivity index (χ3n) is 3.53. The standard InChI is InChI=1S/C12H20ClN3O/c1-14-9-5-3-4-6-10(9)17-8-12-15-7-11(13)16(12)2/h7,9-10,14H,3-6,8H2,1-2H3. The van der Waals surface area contributed by atoms with Crippen LogP contribution < -0.4 is 5.32 Å². The maximum Gasteiger partial charge on any atom is 0.135 e. The van der Waals surface area contributed by atoms with E-state index < -0.39 is 0 Å². The van der Waals surface area contributed by atoms with E-state index in [0.29, 0.717) is 23.9 Å². The molecule has 0 saturated heterocycles. The Morgan fingerprint density at radius 1 is 1.53 bits per heavy atom. The van der Waals surface area contributed by atoms with Gasteiger partial charge in [0.15, 0.2) is 0 Å². The van der Waals surface area contributed by atoms with Crippen LogP contribution in [0.15, 0.2) is 6.20 Å². The first-order chi connectivity index (χ1) is 8.22. The van der Waals surface area contributed by atoms with Gasteiger partial charge in [0.2, 0.25) is 0 Å². The monoisotopic (exact) mass is 257 g/mol. The highest BCUT2D eigenvalue weighted by Gasteiger charge is 2.24.